The minimum atomic E-state index is -3.20. The van der Waals surface area contributed by atoms with Crippen molar-refractivity contribution in [2.45, 2.75) is 19.4 Å². The van der Waals surface area contributed by atoms with Crippen LogP contribution in [0.5, 0.6) is 5.75 Å². The van der Waals surface area contributed by atoms with Crippen molar-refractivity contribution in [3.8, 4) is 17.3 Å². The van der Waals surface area contributed by atoms with Gasteiger partial charge in [-0.2, -0.15) is 13.9 Å². The maximum atomic E-state index is 14.1. The number of fused-ring (bicyclic) bond motifs is 1. The fraction of sp³-hybridized carbons (Fsp3) is 0.300. The van der Waals surface area contributed by atoms with Crippen LogP contribution in [0.3, 0.4) is 0 Å². The molecular formula is C20H20F2N6O2. The van der Waals surface area contributed by atoms with Crippen LogP contribution in [0.1, 0.15) is 17.1 Å². The third-order valence-electron chi connectivity index (χ3n) is 4.52. The smallest absolute Gasteiger partial charge is 0.312 e. The first kappa shape index (κ1) is 19.9. The standard InChI is InChI=1S/C20H20F2N6O2/c1-13-23-18(28(26-13)10-14-4-6-15(30-3)7-5-14)16-11-27-9-8-17(25-19(27)24-16)20(21,22)12-29-2/h4-9,11H,10,12H2,1-3H3. The van der Waals surface area contributed by atoms with Gasteiger partial charge in [-0.3, -0.25) is 4.40 Å². The normalized spacial score (nSPS) is 11.9. The number of nitrogens with zero attached hydrogens (tertiary/aromatic N) is 6. The zero-order valence-electron chi connectivity index (χ0n) is 16.7. The van der Waals surface area contributed by atoms with Gasteiger partial charge < -0.3 is 9.47 Å². The highest BCUT2D eigenvalue weighted by Gasteiger charge is 2.33. The topological polar surface area (TPSA) is 79.4 Å². The lowest BCUT2D eigenvalue weighted by Gasteiger charge is -2.14. The molecule has 0 spiro atoms. The van der Waals surface area contributed by atoms with Crippen LogP contribution < -0.4 is 4.74 Å². The Bertz CT molecular complexity index is 1170. The largest absolute Gasteiger partial charge is 0.497 e. The van der Waals surface area contributed by atoms with Gasteiger partial charge in [0.25, 0.3) is 0 Å². The minimum Gasteiger partial charge on any atom is -0.497 e. The highest BCUT2D eigenvalue weighted by molar-refractivity contribution is 5.54. The van der Waals surface area contributed by atoms with Crippen LogP contribution in [0.25, 0.3) is 17.3 Å². The fourth-order valence-corrected chi connectivity index (χ4v) is 3.10. The Morgan fingerprint density at radius 2 is 1.80 bits per heavy atom. The van der Waals surface area contributed by atoms with E-state index in [0.717, 1.165) is 11.3 Å². The summed E-state index contributed by atoms with van der Waals surface area (Å²) in [5.74, 6) is -1.18. The molecule has 0 atom stereocenters. The molecule has 3 heterocycles. The molecule has 0 bridgehead atoms. The summed E-state index contributed by atoms with van der Waals surface area (Å²) >= 11 is 0. The Morgan fingerprint density at radius 1 is 1.03 bits per heavy atom. The van der Waals surface area contributed by atoms with Crippen molar-refractivity contribution in [2.75, 3.05) is 20.8 Å². The molecule has 0 aliphatic rings. The molecule has 30 heavy (non-hydrogen) atoms. The van der Waals surface area contributed by atoms with Crippen molar-refractivity contribution in [3.05, 3.63) is 59.8 Å². The molecule has 156 valence electrons. The average Bonchev–Trinajstić information content (AvgIpc) is 3.30. The van der Waals surface area contributed by atoms with Gasteiger partial charge >= 0.3 is 5.92 Å². The number of rotatable bonds is 7. The minimum absolute atomic E-state index is 0.148. The van der Waals surface area contributed by atoms with Crippen molar-refractivity contribution < 1.29 is 18.3 Å². The molecule has 10 heteroatoms. The highest BCUT2D eigenvalue weighted by atomic mass is 19.3. The molecule has 4 aromatic rings. The van der Waals surface area contributed by atoms with E-state index in [1.807, 2.05) is 24.3 Å². The molecule has 0 N–H and O–H groups in total. The van der Waals surface area contributed by atoms with Crippen molar-refractivity contribution in [1.82, 2.24) is 29.1 Å². The number of benzene rings is 1. The number of methoxy groups -OCH3 is 2. The van der Waals surface area contributed by atoms with Gasteiger partial charge in [0, 0.05) is 19.5 Å². The summed E-state index contributed by atoms with van der Waals surface area (Å²) in [7, 11) is 2.83. The second-order valence-electron chi connectivity index (χ2n) is 6.77. The van der Waals surface area contributed by atoms with E-state index in [2.05, 4.69) is 24.8 Å². The maximum absolute atomic E-state index is 14.1. The molecule has 0 aliphatic carbocycles. The van der Waals surface area contributed by atoms with E-state index < -0.39 is 18.2 Å². The summed E-state index contributed by atoms with van der Waals surface area (Å²) in [4.78, 5) is 12.9. The van der Waals surface area contributed by atoms with Gasteiger partial charge in [-0.1, -0.05) is 12.1 Å². The Labute approximate surface area is 171 Å². The van der Waals surface area contributed by atoms with Crippen LogP contribution in [-0.4, -0.2) is 50.0 Å². The van der Waals surface area contributed by atoms with Gasteiger partial charge in [0.05, 0.1) is 13.7 Å². The number of ether oxygens (including phenoxy) is 2. The second-order valence-corrected chi connectivity index (χ2v) is 6.77. The Kier molecular flexibility index (Phi) is 5.17. The number of aromatic nitrogens is 6. The number of imidazole rings is 1. The molecular weight excluding hydrogens is 394 g/mol. The molecule has 0 fully saturated rings. The van der Waals surface area contributed by atoms with Crippen molar-refractivity contribution >= 4 is 5.78 Å². The van der Waals surface area contributed by atoms with Crippen molar-refractivity contribution in [3.63, 3.8) is 0 Å². The van der Waals surface area contributed by atoms with E-state index in [0.29, 0.717) is 23.9 Å². The first-order chi connectivity index (χ1) is 14.4. The van der Waals surface area contributed by atoms with Gasteiger partial charge in [-0.25, -0.2) is 19.6 Å². The van der Waals surface area contributed by atoms with E-state index in [1.54, 1.807) is 29.3 Å². The SMILES string of the molecule is COCC(F)(F)c1ccn2cc(-c3nc(C)nn3Cc3ccc(OC)cc3)nc2n1. The zero-order valence-corrected chi connectivity index (χ0v) is 16.7. The van der Waals surface area contributed by atoms with E-state index >= 15 is 0 Å². The van der Waals surface area contributed by atoms with E-state index in [1.165, 1.54) is 19.4 Å². The summed E-state index contributed by atoms with van der Waals surface area (Å²) in [5, 5.41) is 4.44. The number of hydrogen-bond donors (Lipinski definition) is 0. The number of hydrogen-bond acceptors (Lipinski definition) is 6. The Balaban J connectivity index is 1.68. The Morgan fingerprint density at radius 3 is 2.50 bits per heavy atom. The molecule has 3 aromatic heterocycles. The number of halogens is 2. The van der Waals surface area contributed by atoms with Gasteiger partial charge in [-0.05, 0) is 30.7 Å². The van der Waals surface area contributed by atoms with Gasteiger partial charge in [-0.15, -0.1) is 0 Å². The van der Waals surface area contributed by atoms with Crippen LogP contribution in [0.15, 0.2) is 42.7 Å². The monoisotopic (exact) mass is 414 g/mol. The fourth-order valence-electron chi connectivity index (χ4n) is 3.10. The molecule has 0 aliphatic heterocycles. The average molecular weight is 414 g/mol. The van der Waals surface area contributed by atoms with Crippen LogP contribution in [0.2, 0.25) is 0 Å². The molecule has 8 nitrogen and oxygen atoms in total. The molecule has 0 amide bonds. The number of aryl methyl sites for hydroxylation is 1. The highest BCUT2D eigenvalue weighted by Crippen LogP contribution is 2.27. The lowest BCUT2D eigenvalue weighted by atomic mass is 10.2. The first-order valence-electron chi connectivity index (χ1n) is 9.17. The maximum Gasteiger partial charge on any atom is 0.312 e. The second kappa shape index (κ2) is 7.79. The third kappa shape index (κ3) is 3.86. The van der Waals surface area contributed by atoms with E-state index in [4.69, 9.17) is 4.74 Å². The zero-order chi connectivity index (χ0) is 21.3. The lowest BCUT2D eigenvalue weighted by molar-refractivity contribution is -0.0730. The molecule has 1 aromatic carbocycles. The van der Waals surface area contributed by atoms with Crippen molar-refractivity contribution in [2.24, 2.45) is 0 Å². The molecule has 4 rings (SSSR count). The summed E-state index contributed by atoms with van der Waals surface area (Å²) in [6.07, 6.45) is 3.18. The summed E-state index contributed by atoms with van der Waals surface area (Å²) in [6.45, 7) is 1.50. The van der Waals surface area contributed by atoms with Gasteiger partial charge in [0.1, 0.15) is 29.6 Å². The summed E-state index contributed by atoms with van der Waals surface area (Å²) < 4.78 is 41.3. The number of alkyl halides is 2. The summed E-state index contributed by atoms with van der Waals surface area (Å²) in [5.41, 5.74) is 1.10. The molecule has 0 radical (unpaired) electrons. The van der Waals surface area contributed by atoms with E-state index in [9.17, 15) is 8.78 Å². The predicted molar refractivity (Wildman–Crippen MR) is 105 cm³/mol. The molecule has 0 unspecified atom stereocenters. The third-order valence-corrected chi connectivity index (χ3v) is 4.52. The van der Waals surface area contributed by atoms with Crippen LogP contribution >= 0.6 is 0 Å². The molecule has 0 saturated heterocycles. The van der Waals surface area contributed by atoms with Crippen molar-refractivity contribution in [1.29, 1.82) is 0 Å². The predicted octanol–water partition coefficient (Wildman–Crippen LogP) is 3.09. The van der Waals surface area contributed by atoms with Gasteiger partial charge in [0.2, 0.25) is 5.78 Å². The lowest BCUT2D eigenvalue weighted by Crippen LogP contribution is -2.22. The quantitative estimate of drug-likeness (QED) is 0.462. The Hall–Kier alpha value is -3.40. The van der Waals surface area contributed by atoms with Crippen LogP contribution in [0, 0.1) is 6.92 Å². The van der Waals surface area contributed by atoms with Crippen LogP contribution in [-0.2, 0) is 17.2 Å². The van der Waals surface area contributed by atoms with Gasteiger partial charge in [0.15, 0.2) is 5.82 Å². The first-order valence-corrected chi connectivity index (χ1v) is 9.17. The molecule has 0 saturated carbocycles. The van der Waals surface area contributed by atoms with E-state index in [-0.39, 0.29) is 5.78 Å². The van der Waals surface area contributed by atoms with Crippen LogP contribution in [0.4, 0.5) is 8.78 Å². The summed E-state index contributed by atoms with van der Waals surface area (Å²) in [6, 6.07) is 8.87.